The fourth-order valence-corrected chi connectivity index (χ4v) is 4.24. The van der Waals surface area contributed by atoms with Gasteiger partial charge in [-0.25, -0.2) is 0 Å². The zero-order chi connectivity index (χ0) is 24.1. The standard InChI is InChI=1S/C25H29N5O4/c1-29(2)21(18-6-4-7-19(14-18)32-3)16-27-23(31)17-9-11-30(12-10-17)25-20(15-26)28-24(34-25)22-8-5-13-33-22/h4-8,13-14,17,21H,9-12,16H2,1-3H3,(H,27,31). The Morgan fingerprint density at radius 1 is 1.32 bits per heavy atom. The summed E-state index contributed by atoms with van der Waals surface area (Å²) in [6, 6.07) is 13.5. The monoisotopic (exact) mass is 463 g/mol. The van der Waals surface area contributed by atoms with Crippen LogP contribution in [0.25, 0.3) is 11.7 Å². The average molecular weight is 464 g/mol. The van der Waals surface area contributed by atoms with Crippen LogP contribution in [0.1, 0.15) is 30.1 Å². The SMILES string of the molecule is COc1cccc(C(CNC(=O)C2CCN(c3oc(-c4ccco4)nc3C#N)CC2)N(C)C)c1. The van der Waals surface area contributed by atoms with Crippen molar-refractivity contribution in [1.82, 2.24) is 15.2 Å². The van der Waals surface area contributed by atoms with Gasteiger partial charge in [-0.1, -0.05) is 12.1 Å². The Kier molecular flexibility index (Phi) is 7.18. The highest BCUT2D eigenvalue weighted by atomic mass is 16.5. The van der Waals surface area contributed by atoms with Gasteiger partial charge in [-0.3, -0.25) is 4.79 Å². The lowest BCUT2D eigenvalue weighted by Gasteiger charge is -2.32. The van der Waals surface area contributed by atoms with E-state index in [1.165, 1.54) is 6.26 Å². The largest absolute Gasteiger partial charge is 0.497 e. The van der Waals surface area contributed by atoms with Gasteiger partial charge in [0.15, 0.2) is 5.76 Å². The zero-order valence-electron chi connectivity index (χ0n) is 19.7. The van der Waals surface area contributed by atoms with Crippen molar-refractivity contribution in [2.75, 3.05) is 45.7 Å². The molecule has 0 saturated carbocycles. The predicted molar refractivity (Wildman–Crippen MR) is 126 cm³/mol. The van der Waals surface area contributed by atoms with Crippen LogP contribution in [-0.4, -0.2) is 56.6 Å². The molecule has 4 rings (SSSR count). The Morgan fingerprint density at radius 2 is 2.12 bits per heavy atom. The van der Waals surface area contributed by atoms with Gasteiger partial charge in [-0.2, -0.15) is 10.2 Å². The molecule has 0 bridgehead atoms. The number of likely N-dealkylation sites (N-methyl/N-ethyl adjacent to an activating group) is 1. The number of nitrogens with one attached hydrogen (secondary N) is 1. The number of ether oxygens (including phenoxy) is 1. The summed E-state index contributed by atoms with van der Waals surface area (Å²) in [7, 11) is 5.64. The van der Waals surface area contributed by atoms with E-state index in [-0.39, 0.29) is 29.5 Å². The number of carbonyl (C=O) groups excluding carboxylic acids is 1. The van der Waals surface area contributed by atoms with Crippen molar-refractivity contribution in [3.63, 3.8) is 0 Å². The van der Waals surface area contributed by atoms with Gasteiger partial charge in [0.05, 0.1) is 19.4 Å². The molecule has 1 amide bonds. The molecule has 34 heavy (non-hydrogen) atoms. The minimum Gasteiger partial charge on any atom is -0.497 e. The first kappa shape index (κ1) is 23.4. The van der Waals surface area contributed by atoms with Gasteiger partial charge < -0.3 is 28.7 Å². The van der Waals surface area contributed by atoms with E-state index in [0.29, 0.717) is 44.1 Å². The number of carbonyl (C=O) groups is 1. The quantitative estimate of drug-likeness (QED) is 0.541. The number of nitriles is 1. The van der Waals surface area contributed by atoms with Crippen molar-refractivity contribution >= 4 is 11.8 Å². The van der Waals surface area contributed by atoms with Crippen molar-refractivity contribution in [3.05, 3.63) is 53.9 Å². The summed E-state index contributed by atoms with van der Waals surface area (Å²) in [6.45, 7) is 1.71. The molecule has 1 aliphatic rings. The van der Waals surface area contributed by atoms with E-state index in [4.69, 9.17) is 13.6 Å². The molecule has 0 radical (unpaired) electrons. The molecule has 3 aromatic rings. The first-order chi connectivity index (χ1) is 16.5. The molecular formula is C25H29N5O4. The van der Waals surface area contributed by atoms with Gasteiger partial charge in [0, 0.05) is 25.6 Å². The minimum absolute atomic E-state index is 0.0338. The number of hydrogen-bond acceptors (Lipinski definition) is 8. The molecule has 0 spiro atoms. The summed E-state index contributed by atoms with van der Waals surface area (Å²) in [5.41, 5.74) is 1.31. The Bertz CT molecular complexity index is 1140. The third-order valence-electron chi connectivity index (χ3n) is 6.17. The highest BCUT2D eigenvalue weighted by Gasteiger charge is 2.29. The average Bonchev–Trinajstić information content (AvgIpc) is 3.54. The van der Waals surface area contributed by atoms with Crippen LogP contribution in [0.15, 0.2) is 51.5 Å². The second kappa shape index (κ2) is 10.4. The fourth-order valence-electron chi connectivity index (χ4n) is 4.24. The Labute approximate surface area is 198 Å². The molecule has 1 atom stereocenters. The van der Waals surface area contributed by atoms with Crippen LogP contribution >= 0.6 is 0 Å². The van der Waals surface area contributed by atoms with Crippen molar-refractivity contribution in [3.8, 4) is 23.5 Å². The highest BCUT2D eigenvalue weighted by Crippen LogP contribution is 2.31. The Morgan fingerprint density at radius 3 is 2.76 bits per heavy atom. The van der Waals surface area contributed by atoms with Gasteiger partial charge in [0.2, 0.25) is 17.5 Å². The lowest BCUT2D eigenvalue weighted by atomic mass is 9.95. The van der Waals surface area contributed by atoms with E-state index in [0.717, 1.165) is 11.3 Å². The molecule has 9 heteroatoms. The molecule has 3 heterocycles. The van der Waals surface area contributed by atoms with Crippen LogP contribution in [0.4, 0.5) is 5.88 Å². The maximum absolute atomic E-state index is 12.9. The van der Waals surface area contributed by atoms with Crippen LogP contribution in [0.5, 0.6) is 5.75 Å². The lowest BCUT2D eigenvalue weighted by molar-refractivity contribution is -0.125. The van der Waals surface area contributed by atoms with Crippen LogP contribution in [0.3, 0.4) is 0 Å². The Balaban J connectivity index is 1.35. The van der Waals surface area contributed by atoms with Crippen LogP contribution in [0, 0.1) is 17.2 Å². The molecule has 1 aliphatic heterocycles. The number of hydrogen-bond donors (Lipinski definition) is 1. The number of benzene rings is 1. The van der Waals surface area contributed by atoms with Crippen molar-refractivity contribution < 1.29 is 18.4 Å². The maximum Gasteiger partial charge on any atom is 0.266 e. The van der Waals surface area contributed by atoms with Gasteiger partial charge in [-0.15, -0.1) is 0 Å². The number of amides is 1. The van der Waals surface area contributed by atoms with Crippen molar-refractivity contribution in [2.45, 2.75) is 18.9 Å². The van der Waals surface area contributed by atoms with E-state index in [9.17, 15) is 10.1 Å². The number of aromatic nitrogens is 1. The fraction of sp³-hybridized carbons (Fsp3) is 0.400. The summed E-state index contributed by atoms with van der Waals surface area (Å²) in [6.07, 6.45) is 2.86. The molecule has 1 saturated heterocycles. The van der Waals surface area contributed by atoms with E-state index >= 15 is 0 Å². The summed E-state index contributed by atoms with van der Waals surface area (Å²) in [5.74, 6) is 1.93. The number of furan rings is 1. The molecule has 1 unspecified atom stereocenters. The van der Waals surface area contributed by atoms with Crippen LogP contribution in [0.2, 0.25) is 0 Å². The lowest BCUT2D eigenvalue weighted by Crippen LogP contribution is -2.42. The predicted octanol–water partition coefficient (Wildman–Crippen LogP) is 3.45. The maximum atomic E-state index is 12.9. The summed E-state index contributed by atoms with van der Waals surface area (Å²) < 4.78 is 16.5. The first-order valence-electron chi connectivity index (χ1n) is 11.3. The second-order valence-corrected chi connectivity index (χ2v) is 8.52. The summed E-state index contributed by atoms with van der Waals surface area (Å²) in [5, 5.41) is 12.6. The van der Waals surface area contributed by atoms with E-state index in [2.05, 4.69) is 21.3 Å². The molecule has 1 N–H and O–H groups in total. The first-order valence-corrected chi connectivity index (χ1v) is 11.3. The number of oxazole rings is 1. The zero-order valence-corrected chi connectivity index (χ0v) is 19.7. The number of piperidine rings is 1. The van der Waals surface area contributed by atoms with Crippen molar-refractivity contribution in [2.24, 2.45) is 5.92 Å². The van der Waals surface area contributed by atoms with Crippen LogP contribution in [-0.2, 0) is 4.79 Å². The number of rotatable bonds is 8. The van der Waals surface area contributed by atoms with E-state index in [1.807, 2.05) is 43.3 Å². The minimum atomic E-state index is -0.0950. The molecule has 0 aliphatic carbocycles. The molecule has 9 nitrogen and oxygen atoms in total. The molecular weight excluding hydrogens is 434 g/mol. The molecule has 1 fully saturated rings. The third-order valence-corrected chi connectivity index (χ3v) is 6.17. The molecule has 178 valence electrons. The summed E-state index contributed by atoms with van der Waals surface area (Å²) >= 11 is 0. The number of anilines is 1. The third kappa shape index (κ3) is 5.07. The van der Waals surface area contributed by atoms with Gasteiger partial charge >= 0.3 is 0 Å². The second-order valence-electron chi connectivity index (χ2n) is 8.52. The highest BCUT2D eigenvalue weighted by molar-refractivity contribution is 5.79. The smallest absolute Gasteiger partial charge is 0.266 e. The Hall–Kier alpha value is -3.77. The van der Waals surface area contributed by atoms with Crippen LogP contribution < -0.4 is 15.0 Å². The normalized spacial score (nSPS) is 15.2. The summed E-state index contributed by atoms with van der Waals surface area (Å²) in [4.78, 5) is 21.2. The number of methoxy groups -OCH3 is 1. The van der Waals surface area contributed by atoms with Gasteiger partial charge in [-0.05, 0) is 56.8 Å². The van der Waals surface area contributed by atoms with E-state index in [1.54, 1.807) is 19.2 Å². The molecule has 2 aromatic heterocycles. The van der Waals surface area contributed by atoms with Crippen molar-refractivity contribution in [1.29, 1.82) is 5.26 Å². The van der Waals surface area contributed by atoms with Gasteiger partial charge in [0.1, 0.15) is 11.8 Å². The van der Waals surface area contributed by atoms with E-state index < -0.39 is 0 Å². The molecule has 1 aromatic carbocycles. The topological polar surface area (TPSA) is 108 Å². The van der Waals surface area contributed by atoms with Gasteiger partial charge in [0.25, 0.3) is 5.89 Å². The number of nitrogens with zero attached hydrogens (tertiary/aromatic N) is 4.